The molecule has 1 saturated heterocycles. The number of nitrogens with zero attached hydrogens (tertiary/aromatic N) is 1. The van der Waals surface area contributed by atoms with Gasteiger partial charge in [-0.15, -0.1) is 0 Å². The molecule has 1 aromatic rings. The number of nitrogens with one attached hydrogen (secondary N) is 1. The lowest BCUT2D eigenvalue weighted by Gasteiger charge is -2.37. The summed E-state index contributed by atoms with van der Waals surface area (Å²) in [6.45, 7) is 6.14. The summed E-state index contributed by atoms with van der Waals surface area (Å²) in [5.74, 6) is 0.325. The third kappa shape index (κ3) is 3.30. The Balaban J connectivity index is 2.30. The number of halogens is 1. The zero-order valence-corrected chi connectivity index (χ0v) is 13.4. The van der Waals surface area contributed by atoms with Crippen molar-refractivity contribution in [3.8, 4) is 0 Å². The van der Waals surface area contributed by atoms with Crippen LogP contribution < -0.4 is 10.2 Å². The molecule has 3 nitrogen and oxygen atoms in total. The number of hydrogen-bond acceptors (Lipinski definition) is 3. The maximum Gasteiger partial charge on any atom is 0.0599 e. The van der Waals surface area contributed by atoms with Gasteiger partial charge in [-0.2, -0.15) is 0 Å². The Morgan fingerprint density at radius 1 is 1.47 bits per heavy atom. The van der Waals surface area contributed by atoms with Gasteiger partial charge in [0.05, 0.1) is 6.10 Å². The smallest absolute Gasteiger partial charge is 0.0599 e. The molecule has 4 heteroatoms. The number of rotatable bonds is 3. The molecule has 1 heterocycles. The first-order chi connectivity index (χ1) is 9.02. The maximum atomic E-state index is 9.87. The van der Waals surface area contributed by atoms with Crippen molar-refractivity contribution < 1.29 is 5.11 Å². The summed E-state index contributed by atoms with van der Waals surface area (Å²) < 4.78 is 1.10. The maximum absolute atomic E-state index is 9.87. The fourth-order valence-electron chi connectivity index (χ4n) is 2.66. The summed E-state index contributed by atoms with van der Waals surface area (Å²) in [7, 11) is 1.99. The lowest BCUT2D eigenvalue weighted by molar-refractivity contribution is 0.0970. The van der Waals surface area contributed by atoms with E-state index in [4.69, 9.17) is 0 Å². The summed E-state index contributed by atoms with van der Waals surface area (Å²) in [5.41, 5.74) is 2.59. The van der Waals surface area contributed by atoms with Crippen molar-refractivity contribution in [1.82, 2.24) is 5.32 Å². The van der Waals surface area contributed by atoms with Gasteiger partial charge < -0.3 is 15.3 Å². The zero-order valence-electron chi connectivity index (χ0n) is 11.9. The summed E-state index contributed by atoms with van der Waals surface area (Å²) in [6.07, 6.45) is 0.690. The topological polar surface area (TPSA) is 35.5 Å². The number of aliphatic hydroxyl groups excluding tert-OH is 1. The van der Waals surface area contributed by atoms with Crippen molar-refractivity contribution in [1.29, 1.82) is 0 Å². The number of piperidine rings is 1. The van der Waals surface area contributed by atoms with Gasteiger partial charge in [0.25, 0.3) is 0 Å². The van der Waals surface area contributed by atoms with Crippen LogP contribution in [0.15, 0.2) is 22.7 Å². The fourth-order valence-corrected chi connectivity index (χ4v) is 3.01. The average molecular weight is 327 g/mol. The molecule has 0 aliphatic carbocycles. The molecule has 2 N–H and O–H groups in total. The first-order valence-electron chi connectivity index (χ1n) is 6.92. The van der Waals surface area contributed by atoms with E-state index in [0.717, 1.165) is 24.0 Å². The molecule has 1 aromatic carbocycles. The summed E-state index contributed by atoms with van der Waals surface area (Å²) in [5, 5.41) is 13.2. The molecule has 0 bridgehead atoms. The van der Waals surface area contributed by atoms with Crippen LogP contribution in [0.5, 0.6) is 0 Å². The van der Waals surface area contributed by atoms with Gasteiger partial charge in [0.2, 0.25) is 0 Å². The molecule has 19 heavy (non-hydrogen) atoms. The Bertz CT molecular complexity index is 438. The highest BCUT2D eigenvalue weighted by atomic mass is 79.9. The van der Waals surface area contributed by atoms with E-state index in [2.05, 4.69) is 58.2 Å². The van der Waals surface area contributed by atoms with Crippen molar-refractivity contribution >= 4 is 21.6 Å². The third-order valence-electron chi connectivity index (χ3n) is 4.09. The van der Waals surface area contributed by atoms with E-state index >= 15 is 0 Å². The minimum Gasteiger partial charge on any atom is -0.393 e. The largest absolute Gasteiger partial charge is 0.393 e. The van der Waals surface area contributed by atoms with Gasteiger partial charge in [-0.05, 0) is 44.0 Å². The Kier molecular flexibility index (Phi) is 4.87. The Morgan fingerprint density at radius 2 is 2.21 bits per heavy atom. The average Bonchev–Trinajstić information content (AvgIpc) is 2.41. The number of anilines is 1. The van der Waals surface area contributed by atoms with Crippen LogP contribution in [0, 0.1) is 5.92 Å². The summed E-state index contributed by atoms with van der Waals surface area (Å²) in [6, 6.07) is 6.78. The van der Waals surface area contributed by atoms with Gasteiger partial charge in [-0.1, -0.05) is 28.9 Å². The highest BCUT2D eigenvalue weighted by molar-refractivity contribution is 9.10. The van der Waals surface area contributed by atoms with Gasteiger partial charge >= 0.3 is 0 Å². The molecule has 0 amide bonds. The normalized spacial score (nSPS) is 25.4. The molecule has 0 radical (unpaired) electrons. The third-order valence-corrected chi connectivity index (χ3v) is 4.59. The molecule has 1 aliphatic heterocycles. The predicted molar refractivity (Wildman–Crippen MR) is 83.6 cm³/mol. The van der Waals surface area contributed by atoms with Crippen LogP contribution in [0.3, 0.4) is 0 Å². The van der Waals surface area contributed by atoms with Crippen molar-refractivity contribution in [2.24, 2.45) is 5.92 Å². The molecule has 0 spiro atoms. The minimum atomic E-state index is -0.159. The fraction of sp³-hybridized carbons (Fsp3) is 0.600. The van der Waals surface area contributed by atoms with Crippen LogP contribution >= 0.6 is 15.9 Å². The van der Waals surface area contributed by atoms with E-state index < -0.39 is 0 Å². The highest BCUT2D eigenvalue weighted by Gasteiger charge is 2.26. The van der Waals surface area contributed by atoms with Crippen LogP contribution in [0.4, 0.5) is 5.69 Å². The first-order valence-corrected chi connectivity index (χ1v) is 7.72. The molecule has 1 aliphatic rings. The van der Waals surface area contributed by atoms with Crippen LogP contribution in [0.1, 0.15) is 31.9 Å². The van der Waals surface area contributed by atoms with Crippen molar-refractivity contribution in [2.75, 3.05) is 25.0 Å². The molecule has 3 atom stereocenters. The highest BCUT2D eigenvalue weighted by Crippen LogP contribution is 2.32. The van der Waals surface area contributed by atoms with Gasteiger partial charge in [0.15, 0.2) is 0 Å². The summed E-state index contributed by atoms with van der Waals surface area (Å²) in [4.78, 5) is 2.39. The lowest BCUT2D eigenvalue weighted by Crippen LogP contribution is -2.42. The molecule has 106 valence electrons. The first kappa shape index (κ1) is 14.8. The van der Waals surface area contributed by atoms with E-state index in [9.17, 15) is 5.11 Å². The summed E-state index contributed by atoms with van der Waals surface area (Å²) >= 11 is 3.56. The van der Waals surface area contributed by atoms with E-state index in [-0.39, 0.29) is 6.10 Å². The number of benzene rings is 1. The van der Waals surface area contributed by atoms with Crippen molar-refractivity contribution in [2.45, 2.75) is 32.4 Å². The molecule has 0 saturated carbocycles. The van der Waals surface area contributed by atoms with Crippen LogP contribution in [-0.4, -0.2) is 31.3 Å². The van der Waals surface area contributed by atoms with Gasteiger partial charge in [-0.3, -0.25) is 0 Å². The molecule has 2 rings (SSSR count). The van der Waals surface area contributed by atoms with Crippen LogP contribution in [-0.2, 0) is 0 Å². The lowest BCUT2D eigenvalue weighted by atomic mass is 9.95. The van der Waals surface area contributed by atoms with Crippen molar-refractivity contribution in [3.63, 3.8) is 0 Å². The Labute approximate surface area is 124 Å². The van der Waals surface area contributed by atoms with Gasteiger partial charge in [0, 0.05) is 29.3 Å². The second-order valence-electron chi connectivity index (χ2n) is 5.49. The molecular weight excluding hydrogens is 304 g/mol. The van der Waals surface area contributed by atoms with Gasteiger partial charge in [0.1, 0.15) is 0 Å². The molecular formula is C15H23BrN2O. The molecule has 3 unspecified atom stereocenters. The van der Waals surface area contributed by atoms with Gasteiger partial charge in [-0.25, -0.2) is 0 Å². The standard InChI is InChI=1S/C15H23BrN2O/c1-10-9-18(7-6-15(10)19)14-8-12(16)4-5-13(14)11(2)17-3/h4-5,8,10-11,15,17,19H,6-7,9H2,1-3H3. The SMILES string of the molecule is CNC(C)c1ccc(Br)cc1N1CCC(O)C(C)C1. The van der Waals surface area contributed by atoms with E-state index in [1.165, 1.54) is 11.3 Å². The minimum absolute atomic E-state index is 0.159. The van der Waals surface area contributed by atoms with E-state index in [1.54, 1.807) is 0 Å². The van der Waals surface area contributed by atoms with E-state index in [1.807, 2.05) is 7.05 Å². The molecule has 1 fully saturated rings. The second kappa shape index (κ2) is 6.25. The number of hydrogen-bond donors (Lipinski definition) is 2. The zero-order chi connectivity index (χ0) is 14.0. The second-order valence-corrected chi connectivity index (χ2v) is 6.41. The van der Waals surface area contributed by atoms with Crippen LogP contribution in [0.25, 0.3) is 0 Å². The van der Waals surface area contributed by atoms with E-state index in [0.29, 0.717) is 12.0 Å². The predicted octanol–water partition coefficient (Wildman–Crippen LogP) is 2.94. The Morgan fingerprint density at radius 3 is 2.84 bits per heavy atom. The molecule has 0 aromatic heterocycles. The quantitative estimate of drug-likeness (QED) is 0.896. The monoisotopic (exact) mass is 326 g/mol. The Hall–Kier alpha value is -0.580. The van der Waals surface area contributed by atoms with Crippen LogP contribution in [0.2, 0.25) is 0 Å². The van der Waals surface area contributed by atoms with Crippen molar-refractivity contribution in [3.05, 3.63) is 28.2 Å². The number of aliphatic hydroxyl groups is 1.